The molecule has 0 radical (unpaired) electrons. The van der Waals surface area contributed by atoms with E-state index in [1.54, 1.807) is 54.3 Å². The molecule has 2 fully saturated rings. The van der Waals surface area contributed by atoms with E-state index in [2.05, 4.69) is 5.32 Å². The van der Waals surface area contributed by atoms with Crippen LogP contribution < -0.4 is 20.9 Å². The Kier molecular flexibility index (Phi) is 7.10. The smallest absolute Gasteiger partial charge is 0.259 e. The van der Waals surface area contributed by atoms with Gasteiger partial charge < -0.3 is 35.4 Å². The largest absolute Gasteiger partial charge is 0.384 e. The predicted molar refractivity (Wildman–Crippen MR) is 129 cm³/mol. The molecule has 2 aromatic carbocycles. The summed E-state index contributed by atoms with van der Waals surface area (Å²) < 4.78 is 10.6. The van der Waals surface area contributed by atoms with E-state index in [1.807, 2.05) is 0 Å². The summed E-state index contributed by atoms with van der Waals surface area (Å²) in [6.45, 7) is 2.93. The van der Waals surface area contributed by atoms with E-state index in [1.165, 1.54) is 4.90 Å². The van der Waals surface area contributed by atoms with Gasteiger partial charge in [0, 0.05) is 35.7 Å². The maximum absolute atomic E-state index is 13.2. The Bertz CT molecular complexity index is 1170. The van der Waals surface area contributed by atoms with Crippen molar-refractivity contribution in [3.05, 3.63) is 53.6 Å². The lowest BCUT2D eigenvalue weighted by Crippen LogP contribution is -2.55. The molecule has 2 aliphatic heterocycles. The van der Waals surface area contributed by atoms with Crippen molar-refractivity contribution >= 4 is 40.6 Å². The van der Waals surface area contributed by atoms with Gasteiger partial charge in [-0.15, -0.1) is 0 Å². The molecule has 0 aromatic heterocycles. The summed E-state index contributed by atoms with van der Waals surface area (Å²) in [6, 6.07) is 11.7. The monoisotopic (exact) mass is 481 g/mol. The molecule has 2 heterocycles. The number of carbonyl (C=O) groups is 3. The number of aliphatic hydroxyl groups excluding tert-OH is 1. The van der Waals surface area contributed by atoms with Crippen molar-refractivity contribution in [3.8, 4) is 0 Å². The van der Waals surface area contributed by atoms with Crippen LogP contribution in [0, 0.1) is 12.3 Å². The summed E-state index contributed by atoms with van der Waals surface area (Å²) in [5.41, 5.74) is 8.29. The van der Waals surface area contributed by atoms with Gasteiger partial charge in [0.1, 0.15) is 12.4 Å². The first-order valence-electron chi connectivity index (χ1n) is 11.1. The second-order valence-corrected chi connectivity index (χ2v) is 8.28. The third-order valence-electron chi connectivity index (χ3n) is 5.90. The minimum absolute atomic E-state index is 0.00109. The number of nitrogens with one attached hydrogen (secondary N) is 2. The average Bonchev–Trinajstić information content (AvgIpc) is 2.84. The molecule has 2 aromatic rings. The quantitative estimate of drug-likeness (QED) is 0.343. The lowest BCUT2D eigenvalue weighted by Gasteiger charge is -2.35. The van der Waals surface area contributed by atoms with Crippen LogP contribution in [-0.4, -0.2) is 73.8 Å². The van der Waals surface area contributed by atoms with Gasteiger partial charge in [0.05, 0.1) is 13.2 Å². The van der Waals surface area contributed by atoms with E-state index in [0.717, 1.165) is 0 Å². The molecule has 11 heteroatoms. The number of hydrogen-bond acceptors (Lipinski definition) is 7. The summed E-state index contributed by atoms with van der Waals surface area (Å²) in [5.74, 6) is -1.62. The molecule has 2 saturated heterocycles. The van der Waals surface area contributed by atoms with Crippen LogP contribution in [0.4, 0.5) is 17.1 Å². The van der Waals surface area contributed by atoms with Crippen LogP contribution in [0.15, 0.2) is 42.5 Å². The fraction of sp³-hybridized carbons (Fsp3) is 0.333. The van der Waals surface area contributed by atoms with Gasteiger partial charge in [-0.1, -0.05) is 6.07 Å². The van der Waals surface area contributed by atoms with Crippen molar-refractivity contribution in [2.45, 2.75) is 19.1 Å². The van der Waals surface area contributed by atoms with Gasteiger partial charge in [-0.25, -0.2) is 0 Å². The van der Waals surface area contributed by atoms with Crippen LogP contribution >= 0.6 is 0 Å². The predicted octanol–water partition coefficient (Wildman–Crippen LogP) is 0.374. The zero-order chi connectivity index (χ0) is 25.1. The molecular weight excluding hydrogens is 454 g/mol. The number of hydrogen-bond donors (Lipinski definition) is 4. The van der Waals surface area contributed by atoms with Gasteiger partial charge in [0.25, 0.3) is 17.7 Å². The van der Waals surface area contributed by atoms with Crippen LogP contribution in [0.1, 0.15) is 11.1 Å². The zero-order valence-corrected chi connectivity index (χ0v) is 19.2. The lowest BCUT2D eigenvalue weighted by atomic mass is 10.1. The number of benzene rings is 2. The van der Waals surface area contributed by atoms with E-state index in [0.29, 0.717) is 41.3 Å². The molecule has 0 bridgehead atoms. The van der Waals surface area contributed by atoms with Crippen molar-refractivity contribution in [1.82, 2.24) is 0 Å². The van der Waals surface area contributed by atoms with Gasteiger partial charge in [0.2, 0.25) is 0 Å². The number of nitrogen functional groups attached to an aromatic ring is 1. The minimum Gasteiger partial charge on any atom is -0.384 e. The topological polar surface area (TPSA) is 158 Å². The van der Waals surface area contributed by atoms with Crippen LogP contribution in [0.25, 0.3) is 0 Å². The molecule has 184 valence electrons. The van der Waals surface area contributed by atoms with Gasteiger partial charge in [-0.05, 0) is 48.9 Å². The Hall–Kier alpha value is -3.80. The number of carbonyl (C=O) groups excluding carboxylic acids is 3. The second kappa shape index (κ2) is 10.2. The highest BCUT2D eigenvalue weighted by atomic mass is 16.5. The number of anilines is 3. The molecule has 0 saturated carbocycles. The van der Waals surface area contributed by atoms with Crippen molar-refractivity contribution in [1.29, 1.82) is 5.41 Å². The fourth-order valence-electron chi connectivity index (χ4n) is 4.11. The van der Waals surface area contributed by atoms with Gasteiger partial charge in [0.15, 0.2) is 12.2 Å². The maximum atomic E-state index is 13.2. The highest BCUT2D eigenvalue weighted by molar-refractivity contribution is 6.04. The van der Waals surface area contributed by atoms with E-state index in [-0.39, 0.29) is 31.5 Å². The Morgan fingerprint density at radius 1 is 1.14 bits per heavy atom. The van der Waals surface area contributed by atoms with Crippen LogP contribution in [-0.2, 0) is 23.9 Å². The number of nitrogens with two attached hydrogens (primary N) is 1. The number of amides is 3. The standard InChI is InChI=1S/C24H27N5O6/c1-14-11-15(5-6-18(14)22(25)26)27-23(32)20(31)21-24(33)29(8-10-35-21)17-4-2-3-16(12-17)28-7-9-34-13-19(28)30/h2-6,11-12,20-21,31H,7-10,13H2,1H3,(H3,25,26)(H,27,32)/t20-,21-/m1/s1. The van der Waals surface area contributed by atoms with Gasteiger partial charge >= 0.3 is 0 Å². The third kappa shape index (κ3) is 5.16. The highest BCUT2D eigenvalue weighted by Gasteiger charge is 2.39. The molecule has 2 atom stereocenters. The first kappa shape index (κ1) is 24.3. The zero-order valence-electron chi connectivity index (χ0n) is 19.2. The van der Waals surface area contributed by atoms with Gasteiger partial charge in [-0.2, -0.15) is 0 Å². The van der Waals surface area contributed by atoms with E-state index >= 15 is 0 Å². The fourth-order valence-corrected chi connectivity index (χ4v) is 4.11. The van der Waals surface area contributed by atoms with Crippen molar-refractivity contribution in [2.75, 3.05) is 48.0 Å². The summed E-state index contributed by atoms with van der Waals surface area (Å²) in [5, 5.41) is 20.8. The Morgan fingerprint density at radius 2 is 1.86 bits per heavy atom. The normalized spacial score (nSPS) is 19.4. The van der Waals surface area contributed by atoms with Crippen LogP contribution in [0.2, 0.25) is 0 Å². The van der Waals surface area contributed by atoms with E-state index in [9.17, 15) is 19.5 Å². The first-order chi connectivity index (χ1) is 16.8. The maximum Gasteiger partial charge on any atom is 0.259 e. The second-order valence-electron chi connectivity index (χ2n) is 8.28. The van der Waals surface area contributed by atoms with Crippen molar-refractivity contribution in [3.63, 3.8) is 0 Å². The summed E-state index contributed by atoms with van der Waals surface area (Å²) >= 11 is 0. The molecule has 3 amide bonds. The molecule has 0 aliphatic carbocycles. The highest BCUT2D eigenvalue weighted by Crippen LogP contribution is 2.27. The van der Waals surface area contributed by atoms with E-state index in [4.69, 9.17) is 20.6 Å². The van der Waals surface area contributed by atoms with Gasteiger partial charge in [-0.3, -0.25) is 19.8 Å². The Balaban J connectivity index is 1.47. The Morgan fingerprint density at radius 3 is 2.54 bits per heavy atom. The molecule has 5 N–H and O–H groups in total. The number of ether oxygens (including phenoxy) is 2. The molecule has 4 rings (SSSR count). The van der Waals surface area contributed by atoms with E-state index < -0.39 is 24.0 Å². The molecule has 0 unspecified atom stereocenters. The minimum atomic E-state index is -1.75. The first-order valence-corrected chi connectivity index (χ1v) is 11.1. The van der Waals surface area contributed by atoms with Crippen LogP contribution in [0.3, 0.4) is 0 Å². The average molecular weight is 482 g/mol. The molecular formula is C24H27N5O6. The third-order valence-corrected chi connectivity index (χ3v) is 5.90. The Labute approximate surface area is 201 Å². The van der Waals surface area contributed by atoms with Crippen molar-refractivity contribution < 1.29 is 29.0 Å². The number of aliphatic hydroxyl groups is 1. The van der Waals surface area contributed by atoms with Crippen LogP contribution in [0.5, 0.6) is 0 Å². The molecule has 11 nitrogen and oxygen atoms in total. The molecule has 2 aliphatic rings. The number of amidine groups is 1. The number of rotatable bonds is 6. The summed E-state index contributed by atoms with van der Waals surface area (Å²) in [6.07, 6.45) is -3.14. The molecule has 35 heavy (non-hydrogen) atoms. The lowest BCUT2D eigenvalue weighted by molar-refractivity contribution is -0.150. The number of morpholine rings is 2. The SMILES string of the molecule is Cc1cc(NC(=O)[C@H](O)[C@H]2OCCN(c3cccc(N4CCOCC4=O)c3)C2=O)ccc1C(=N)N. The van der Waals surface area contributed by atoms with Crippen molar-refractivity contribution in [2.24, 2.45) is 5.73 Å². The number of aryl methyl sites for hydroxylation is 1. The number of nitrogens with zero attached hydrogens (tertiary/aromatic N) is 2. The summed E-state index contributed by atoms with van der Waals surface area (Å²) in [4.78, 5) is 41.1. The summed E-state index contributed by atoms with van der Waals surface area (Å²) in [7, 11) is 0. The molecule has 0 spiro atoms.